The number of nitrogens with zero attached hydrogens (tertiary/aromatic N) is 1. The molecule has 2 rings (SSSR count). The monoisotopic (exact) mass is 272 g/mol. The number of carbonyl (C=O) groups excluding carboxylic acids is 1. The number of pyridine rings is 1. The van der Waals surface area contributed by atoms with E-state index < -0.39 is 5.91 Å². The molecule has 20 heavy (non-hydrogen) atoms. The first-order valence-corrected chi connectivity index (χ1v) is 6.02. The van der Waals surface area contributed by atoms with Gasteiger partial charge in [0.2, 0.25) is 5.91 Å². The Morgan fingerprint density at radius 1 is 1.35 bits per heavy atom. The maximum absolute atomic E-state index is 11.1. The van der Waals surface area contributed by atoms with Crippen LogP contribution in [0.25, 0.3) is 0 Å². The van der Waals surface area contributed by atoms with E-state index in [9.17, 15) is 4.79 Å². The van der Waals surface area contributed by atoms with Crippen LogP contribution in [0.3, 0.4) is 0 Å². The number of rotatable bonds is 5. The van der Waals surface area contributed by atoms with Crippen molar-refractivity contribution in [2.24, 2.45) is 5.73 Å². The molecule has 0 fully saturated rings. The third-order valence-corrected chi connectivity index (χ3v) is 2.81. The molecule has 1 aromatic carbocycles. The average molecular weight is 272 g/mol. The summed E-state index contributed by atoms with van der Waals surface area (Å²) < 4.78 is 5.26. The molecule has 0 saturated heterocycles. The first kappa shape index (κ1) is 13.7. The van der Waals surface area contributed by atoms with E-state index in [4.69, 9.17) is 16.2 Å². The van der Waals surface area contributed by atoms with Gasteiger partial charge in [-0.15, -0.1) is 0 Å². The van der Waals surface area contributed by atoms with Crippen molar-refractivity contribution in [1.82, 2.24) is 4.98 Å². The van der Waals surface area contributed by atoms with Crippen molar-refractivity contribution in [2.45, 2.75) is 6.54 Å². The Balaban J connectivity index is 2.14. The smallest absolute Gasteiger partial charge is 0.248 e. The number of hydrogen-bond donors (Lipinski definition) is 3. The summed E-state index contributed by atoms with van der Waals surface area (Å²) >= 11 is 0. The molecule has 6 heteroatoms. The number of hydrogen-bond acceptors (Lipinski definition) is 5. The lowest BCUT2D eigenvalue weighted by atomic mass is 10.1. The van der Waals surface area contributed by atoms with Gasteiger partial charge in [0.15, 0.2) is 0 Å². The Morgan fingerprint density at radius 2 is 2.15 bits per heavy atom. The topological polar surface area (TPSA) is 103 Å². The molecule has 0 atom stereocenters. The number of nitrogens with two attached hydrogens (primary N) is 2. The third kappa shape index (κ3) is 3.17. The van der Waals surface area contributed by atoms with Gasteiger partial charge in [-0.25, -0.2) is 4.98 Å². The van der Waals surface area contributed by atoms with Gasteiger partial charge in [-0.2, -0.15) is 0 Å². The van der Waals surface area contributed by atoms with Crippen molar-refractivity contribution in [3.63, 3.8) is 0 Å². The second kappa shape index (κ2) is 5.92. The number of primary amides is 1. The van der Waals surface area contributed by atoms with Gasteiger partial charge >= 0.3 is 0 Å². The Hall–Kier alpha value is -2.76. The normalized spacial score (nSPS) is 10.1. The minimum absolute atomic E-state index is 0.405. The summed E-state index contributed by atoms with van der Waals surface area (Å²) in [5.41, 5.74) is 12.9. The lowest BCUT2D eigenvalue weighted by Crippen LogP contribution is -2.12. The van der Waals surface area contributed by atoms with Gasteiger partial charge in [-0.3, -0.25) is 4.79 Å². The first-order chi connectivity index (χ1) is 9.60. The number of ether oxygens (including phenoxy) is 1. The summed E-state index contributed by atoms with van der Waals surface area (Å²) in [5, 5.41) is 3.10. The number of carbonyl (C=O) groups is 1. The zero-order valence-electron chi connectivity index (χ0n) is 11.1. The van der Waals surface area contributed by atoms with Crippen molar-refractivity contribution < 1.29 is 9.53 Å². The predicted octanol–water partition coefficient (Wildman–Crippen LogP) is 1.38. The van der Waals surface area contributed by atoms with Crippen LogP contribution < -0.4 is 21.5 Å². The summed E-state index contributed by atoms with van der Waals surface area (Å²) in [6, 6.07) is 8.56. The van der Waals surface area contributed by atoms with Gasteiger partial charge in [0.05, 0.1) is 7.11 Å². The van der Waals surface area contributed by atoms with E-state index in [0.717, 1.165) is 11.3 Å². The molecule has 0 saturated carbocycles. The lowest BCUT2D eigenvalue weighted by Gasteiger charge is -2.11. The quantitative estimate of drug-likeness (QED) is 0.713. The molecule has 5 N–H and O–H groups in total. The summed E-state index contributed by atoms with van der Waals surface area (Å²) in [5.74, 6) is 0.806. The van der Waals surface area contributed by atoms with Crippen LogP contribution in [0, 0.1) is 0 Å². The van der Waals surface area contributed by atoms with Crippen molar-refractivity contribution in [1.29, 1.82) is 0 Å². The Kier molecular flexibility index (Phi) is 4.05. The SMILES string of the molecule is COc1ccc(N)cc1CNc1cc(C(N)=O)ccn1. The molecule has 0 spiro atoms. The van der Waals surface area contributed by atoms with E-state index in [2.05, 4.69) is 10.3 Å². The molecule has 0 aliphatic heterocycles. The van der Waals surface area contributed by atoms with Crippen LogP contribution >= 0.6 is 0 Å². The highest BCUT2D eigenvalue weighted by atomic mass is 16.5. The summed E-state index contributed by atoms with van der Waals surface area (Å²) in [7, 11) is 1.60. The fourth-order valence-electron chi connectivity index (χ4n) is 1.80. The standard InChI is InChI=1S/C14H16N4O2/c1-20-12-3-2-11(15)6-10(12)8-18-13-7-9(14(16)19)4-5-17-13/h2-7H,8,15H2,1H3,(H2,16,19)(H,17,18). The van der Waals surface area contributed by atoms with E-state index in [1.165, 1.54) is 6.20 Å². The number of aromatic nitrogens is 1. The molecule has 1 aromatic heterocycles. The van der Waals surface area contributed by atoms with E-state index in [1.807, 2.05) is 6.07 Å². The minimum Gasteiger partial charge on any atom is -0.496 e. The Bertz CT molecular complexity index is 628. The number of nitrogens with one attached hydrogen (secondary N) is 1. The van der Waals surface area contributed by atoms with E-state index >= 15 is 0 Å². The van der Waals surface area contributed by atoms with Gasteiger partial charge in [0, 0.05) is 29.6 Å². The van der Waals surface area contributed by atoms with Crippen molar-refractivity contribution >= 4 is 17.4 Å². The van der Waals surface area contributed by atoms with Gasteiger partial charge in [0.1, 0.15) is 11.6 Å². The second-order valence-corrected chi connectivity index (χ2v) is 4.22. The molecule has 0 radical (unpaired) electrons. The van der Waals surface area contributed by atoms with Crippen LogP contribution in [-0.4, -0.2) is 18.0 Å². The molecule has 2 aromatic rings. The minimum atomic E-state index is -0.489. The number of amides is 1. The van der Waals surface area contributed by atoms with Gasteiger partial charge < -0.3 is 21.5 Å². The molecule has 0 aliphatic rings. The van der Waals surface area contributed by atoms with Crippen LogP contribution in [0.5, 0.6) is 5.75 Å². The van der Waals surface area contributed by atoms with Crippen LogP contribution in [0.2, 0.25) is 0 Å². The van der Waals surface area contributed by atoms with Crippen molar-refractivity contribution in [2.75, 3.05) is 18.2 Å². The molecular formula is C14H16N4O2. The number of nitrogen functional groups attached to an aromatic ring is 1. The van der Waals surface area contributed by atoms with Crippen LogP contribution in [0.1, 0.15) is 15.9 Å². The van der Waals surface area contributed by atoms with Crippen molar-refractivity contribution in [3.8, 4) is 5.75 Å². The summed E-state index contributed by atoms with van der Waals surface area (Å²) in [4.78, 5) is 15.2. The molecule has 0 aliphatic carbocycles. The summed E-state index contributed by atoms with van der Waals surface area (Å²) in [6.07, 6.45) is 1.53. The molecule has 0 unspecified atom stereocenters. The van der Waals surface area contributed by atoms with Crippen LogP contribution in [0.15, 0.2) is 36.5 Å². The van der Waals surface area contributed by atoms with E-state index in [1.54, 1.807) is 31.4 Å². The van der Waals surface area contributed by atoms with E-state index in [-0.39, 0.29) is 0 Å². The highest BCUT2D eigenvalue weighted by Gasteiger charge is 2.05. The number of benzene rings is 1. The maximum Gasteiger partial charge on any atom is 0.248 e. The Morgan fingerprint density at radius 3 is 2.85 bits per heavy atom. The molecule has 0 bridgehead atoms. The Labute approximate surface area is 116 Å². The molecule has 1 heterocycles. The maximum atomic E-state index is 11.1. The van der Waals surface area contributed by atoms with Crippen LogP contribution in [0.4, 0.5) is 11.5 Å². The highest BCUT2D eigenvalue weighted by Crippen LogP contribution is 2.22. The largest absolute Gasteiger partial charge is 0.496 e. The molecule has 1 amide bonds. The molecule has 104 valence electrons. The van der Waals surface area contributed by atoms with Crippen molar-refractivity contribution in [3.05, 3.63) is 47.7 Å². The first-order valence-electron chi connectivity index (χ1n) is 6.02. The average Bonchev–Trinajstić information content (AvgIpc) is 2.45. The fraction of sp³-hybridized carbons (Fsp3) is 0.143. The predicted molar refractivity (Wildman–Crippen MR) is 77.5 cm³/mol. The summed E-state index contributed by atoms with van der Waals surface area (Å²) in [6.45, 7) is 0.476. The zero-order valence-corrected chi connectivity index (χ0v) is 11.1. The lowest BCUT2D eigenvalue weighted by molar-refractivity contribution is 0.1000. The third-order valence-electron chi connectivity index (χ3n) is 2.81. The second-order valence-electron chi connectivity index (χ2n) is 4.22. The van der Waals surface area contributed by atoms with Gasteiger partial charge in [-0.1, -0.05) is 0 Å². The van der Waals surface area contributed by atoms with Crippen LogP contribution in [-0.2, 0) is 6.54 Å². The number of methoxy groups -OCH3 is 1. The molecule has 6 nitrogen and oxygen atoms in total. The van der Waals surface area contributed by atoms with Gasteiger partial charge in [0.25, 0.3) is 0 Å². The zero-order chi connectivity index (χ0) is 14.5. The fourth-order valence-corrected chi connectivity index (χ4v) is 1.80. The highest BCUT2D eigenvalue weighted by molar-refractivity contribution is 5.93. The van der Waals surface area contributed by atoms with E-state index in [0.29, 0.717) is 23.6 Å². The molecular weight excluding hydrogens is 256 g/mol. The number of anilines is 2. The van der Waals surface area contributed by atoms with Gasteiger partial charge in [-0.05, 0) is 30.3 Å².